The van der Waals surface area contributed by atoms with Crippen molar-refractivity contribution in [1.82, 2.24) is 58.7 Å². The standard InChI is InChI=1S/C26H25N5.C24H23N5.C22H23N5/c1-16-9-20(15-27-13-16)24-12-25(31-26(30-24)17(2)14-28-31)29-21-8-7-19-10-18-5-3-4-6-22(18)23(19)11-21;1-16-11-20(15-25-13-16)22-12-23(29-24(28-22)17(2)14-27-29)26-10-9-19-8-7-18-5-3-4-6-21(18)19;1-14-8-18(13-23-11-14)20-10-21(27-22(26-20)15(2)12-24-27)25-19-7-6-16-4-3-5-17(16)9-19/h3-6,9,12-15,21,29H,7-8,10-11H2,1-2H3;3-6,8,11-15,26H,7,9-10H2,1-2H3;3,5,8,10-13,19,25H,4,6-7,9H2,1-2H3. The quantitative estimate of drug-likeness (QED) is 0.112. The van der Waals surface area contributed by atoms with Gasteiger partial charge in [0.2, 0.25) is 0 Å². The fourth-order valence-corrected chi connectivity index (χ4v) is 13.1. The zero-order valence-electron chi connectivity index (χ0n) is 50.3. The number of pyridine rings is 3. The molecule has 0 radical (unpaired) electrons. The van der Waals surface area contributed by atoms with Crippen LogP contribution in [0.4, 0.5) is 17.5 Å². The smallest absolute Gasteiger partial charge is 0.160 e. The second kappa shape index (κ2) is 23.5. The zero-order chi connectivity index (χ0) is 59.1. The Morgan fingerprint density at radius 1 is 0.494 bits per heavy atom. The molecule has 0 saturated carbocycles. The molecule has 5 aliphatic rings. The van der Waals surface area contributed by atoms with Crippen molar-refractivity contribution in [3.63, 3.8) is 0 Å². The molecule has 0 saturated heterocycles. The Morgan fingerprint density at radius 3 is 1.55 bits per heavy atom. The number of anilines is 3. The number of benzene rings is 2. The van der Waals surface area contributed by atoms with Gasteiger partial charge in [0.15, 0.2) is 16.9 Å². The van der Waals surface area contributed by atoms with E-state index in [2.05, 4.69) is 177 Å². The van der Waals surface area contributed by atoms with E-state index in [1.165, 1.54) is 39.8 Å². The van der Waals surface area contributed by atoms with Crippen LogP contribution >= 0.6 is 0 Å². The van der Waals surface area contributed by atoms with Gasteiger partial charge in [-0.15, -0.1) is 0 Å². The van der Waals surface area contributed by atoms with Gasteiger partial charge in [0, 0.05) is 107 Å². The first-order valence-electron chi connectivity index (χ1n) is 30.5. The van der Waals surface area contributed by atoms with E-state index in [1.807, 2.05) is 83.2 Å². The van der Waals surface area contributed by atoms with E-state index in [4.69, 9.17) is 15.0 Å². The summed E-state index contributed by atoms with van der Waals surface area (Å²) in [6, 6.07) is 31.0. The Morgan fingerprint density at radius 2 is 0.989 bits per heavy atom. The maximum Gasteiger partial charge on any atom is 0.160 e. The molecule has 3 N–H and O–H groups in total. The molecule has 16 rings (SSSR count). The Balaban J connectivity index is 0.000000115. The molecule has 2 atom stereocenters. The molecule has 9 heterocycles. The predicted octanol–water partition coefficient (Wildman–Crippen LogP) is 14.9. The second-order valence-electron chi connectivity index (χ2n) is 24.1. The predicted molar refractivity (Wildman–Crippen MR) is 349 cm³/mol. The van der Waals surface area contributed by atoms with Crippen LogP contribution < -0.4 is 16.0 Å². The van der Waals surface area contributed by atoms with Gasteiger partial charge in [0.05, 0.1) is 35.7 Å². The summed E-state index contributed by atoms with van der Waals surface area (Å²) >= 11 is 0. The lowest BCUT2D eigenvalue weighted by Gasteiger charge is -2.26. The number of aryl methyl sites for hydroxylation is 6. The van der Waals surface area contributed by atoms with Crippen LogP contribution in [0, 0.1) is 41.5 Å². The van der Waals surface area contributed by atoms with Crippen LogP contribution in [0.3, 0.4) is 0 Å². The number of nitrogens with zero attached hydrogens (tertiary/aromatic N) is 12. The highest BCUT2D eigenvalue weighted by Crippen LogP contribution is 2.43. The first-order chi connectivity index (χ1) is 42.5. The summed E-state index contributed by atoms with van der Waals surface area (Å²) in [5.41, 5.74) is 28.6. The lowest BCUT2D eigenvalue weighted by Crippen LogP contribution is -2.24. The number of allylic oxidation sites excluding steroid dienone is 5. The van der Waals surface area contributed by atoms with E-state index in [1.54, 1.807) is 16.7 Å². The van der Waals surface area contributed by atoms with E-state index >= 15 is 0 Å². The summed E-state index contributed by atoms with van der Waals surface area (Å²) in [4.78, 5) is 27.6. The molecule has 15 nitrogen and oxygen atoms in total. The normalized spacial score (nSPS) is 16.5. The fraction of sp³-hybridized carbons (Fsp3) is 0.264. The maximum absolute atomic E-state index is 4.89. The molecular formula is C72H71N15. The SMILES string of the molecule is Cc1cncc(-c2cc(NC3CCC4=C(C3)c3ccccc3C4)n3ncc(C)c3n2)c1.Cc1cncc(-c2cc(NC3CCC4=C(C=CC4)C3)n3ncc(C)c3n2)c1.Cc1cncc(-c2cc(NCCC3=CCc4ccccc43)n3ncc(C)c3n2)c1. The molecule has 2 unspecified atom stereocenters. The van der Waals surface area contributed by atoms with Gasteiger partial charge in [-0.05, 0) is 180 Å². The van der Waals surface area contributed by atoms with Gasteiger partial charge in [-0.25, -0.2) is 15.0 Å². The first-order valence-corrected chi connectivity index (χ1v) is 30.5. The minimum absolute atomic E-state index is 0.378. The van der Waals surface area contributed by atoms with Gasteiger partial charge in [-0.2, -0.15) is 28.8 Å². The Labute approximate surface area is 507 Å². The highest BCUT2D eigenvalue weighted by molar-refractivity contribution is 5.79. The number of nitrogens with one attached hydrogen (secondary N) is 3. The van der Waals surface area contributed by atoms with Gasteiger partial charge in [-0.1, -0.05) is 77.9 Å². The van der Waals surface area contributed by atoms with Crippen molar-refractivity contribution in [3.05, 3.63) is 231 Å². The molecule has 5 aliphatic carbocycles. The van der Waals surface area contributed by atoms with Gasteiger partial charge < -0.3 is 16.0 Å². The van der Waals surface area contributed by atoms with Crippen molar-refractivity contribution in [2.45, 2.75) is 118 Å². The minimum atomic E-state index is 0.378. The minimum Gasteiger partial charge on any atom is -0.370 e. The third-order valence-corrected chi connectivity index (χ3v) is 17.6. The van der Waals surface area contributed by atoms with E-state index in [9.17, 15) is 0 Å². The summed E-state index contributed by atoms with van der Waals surface area (Å²) in [6.07, 6.45) is 34.8. The fourth-order valence-electron chi connectivity index (χ4n) is 13.1. The molecular weight excluding hydrogens is 1070 g/mol. The van der Waals surface area contributed by atoms with Crippen molar-refractivity contribution in [3.8, 4) is 33.8 Å². The maximum atomic E-state index is 4.89. The molecule has 0 bridgehead atoms. The Kier molecular flexibility index (Phi) is 14.9. The third kappa shape index (κ3) is 11.3. The van der Waals surface area contributed by atoms with Crippen molar-refractivity contribution >= 4 is 45.5 Å². The van der Waals surface area contributed by atoms with Crippen molar-refractivity contribution in [2.24, 2.45) is 0 Å². The van der Waals surface area contributed by atoms with E-state index in [0.717, 1.165) is 166 Å². The first kappa shape index (κ1) is 55.0. The Hall–Kier alpha value is -9.89. The van der Waals surface area contributed by atoms with Crippen LogP contribution in [-0.2, 0) is 12.8 Å². The number of hydrogen-bond donors (Lipinski definition) is 3. The van der Waals surface area contributed by atoms with Crippen LogP contribution in [0.5, 0.6) is 0 Å². The van der Waals surface area contributed by atoms with Crippen molar-refractivity contribution in [2.75, 3.05) is 22.5 Å². The van der Waals surface area contributed by atoms with Crippen molar-refractivity contribution in [1.29, 1.82) is 0 Å². The van der Waals surface area contributed by atoms with Gasteiger partial charge in [-0.3, -0.25) is 15.0 Å². The summed E-state index contributed by atoms with van der Waals surface area (Å²) in [5, 5.41) is 24.8. The van der Waals surface area contributed by atoms with Crippen LogP contribution in [0.2, 0.25) is 0 Å². The topological polar surface area (TPSA) is 165 Å². The lowest BCUT2D eigenvalue weighted by atomic mass is 9.88. The van der Waals surface area contributed by atoms with Crippen LogP contribution in [-0.4, -0.2) is 77.4 Å². The molecule has 15 heteroatoms. The molecule has 11 aromatic rings. The van der Waals surface area contributed by atoms with Crippen LogP contribution in [0.15, 0.2) is 176 Å². The van der Waals surface area contributed by atoms with Gasteiger partial charge >= 0.3 is 0 Å². The molecule has 434 valence electrons. The average molecular weight is 1150 g/mol. The summed E-state index contributed by atoms with van der Waals surface area (Å²) in [6.45, 7) is 13.2. The third-order valence-electron chi connectivity index (χ3n) is 17.6. The Bertz CT molecular complexity index is 4590. The molecule has 2 aromatic carbocycles. The highest BCUT2D eigenvalue weighted by atomic mass is 15.3. The van der Waals surface area contributed by atoms with Gasteiger partial charge in [0.25, 0.3) is 0 Å². The highest BCUT2D eigenvalue weighted by Gasteiger charge is 2.29. The molecule has 0 aliphatic heterocycles. The lowest BCUT2D eigenvalue weighted by molar-refractivity contribution is 0.605. The molecule has 9 aromatic heterocycles. The largest absolute Gasteiger partial charge is 0.370 e. The van der Waals surface area contributed by atoms with E-state index < -0.39 is 0 Å². The number of fused-ring (bicyclic) bond motifs is 6. The molecule has 0 amide bonds. The van der Waals surface area contributed by atoms with Crippen LogP contribution in [0.25, 0.3) is 61.9 Å². The summed E-state index contributed by atoms with van der Waals surface area (Å²) in [7, 11) is 0. The average Bonchev–Trinajstić information content (AvgIpc) is 3.22. The monoisotopic (exact) mass is 1150 g/mol. The van der Waals surface area contributed by atoms with E-state index in [0.29, 0.717) is 12.1 Å². The number of hydrogen-bond acceptors (Lipinski definition) is 12. The second-order valence-corrected chi connectivity index (χ2v) is 24.1. The summed E-state index contributed by atoms with van der Waals surface area (Å²) < 4.78 is 5.75. The summed E-state index contributed by atoms with van der Waals surface area (Å²) in [5.74, 6) is 2.95. The number of aromatic nitrogens is 12. The zero-order valence-corrected chi connectivity index (χ0v) is 50.3. The molecule has 87 heavy (non-hydrogen) atoms. The van der Waals surface area contributed by atoms with E-state index in [-0.39, 0.29) is 0 Å². The molecule has 0 spiro atoms. The molecule has 0 fully saturated rings. The number of rotatable bonds is 11. The van der Waals surface area contributed by atoms with Crippen LogP contribution in [0.1, 0.15) is 107 Å². The van der Waals surface area contributed by atoms with Gasteiger partial charge in [0.1, 0.15) is 17.5 Å². The van der Waals surface area contributed by atoms with Crippen molar-refractivity contribution < 1.29 is 0 Å².